The number of pyridine rings is 7. The van der Waals surface area contributed by atoms with Gasteiger partial charge in [0.25, 0.3) is 0 Å². The van der Waals surface area contributed by atoms with Crippen LogP contribution in [0.25, 0.3) is 22.3 Å². The number of hydrogen-bond acceptors (Lipinski definition) is 20. The minimum absolute atomic E-state index is 0. The van der Waals surface area contributed by atoms with Gasteiger partial charge in [-0.15, -0.1) is 0 Å². The third kappa shape index (κ3) is 19.0. The van der Waals surface area contributed by atoms with Crippen LogP contribution < -0.4 is 33.3 Å². The molecule has 0 aliphatic carbocycles. The fraction of sp³-hybridized carbons (Fsp3) is 0.125. The summed E-state index contributed by atoms with van der Waals surface area (Å²) >= 11 is 3.02. The lowest BCUT2D eigenvalue weighted by molar-refractivity contribution is -0.384. The molecule has 25 heteroatoms. The topological polar surface area (TPSA) is 379 Å². The summed E-state index contributed by atoms with van der Waals surface area (Å²) in [6.45, 7) is 0. The van der Waals surface area contributed by atoms with E-state index in [1.165, 1.54) is 37.1 Å². The molecule has 0 spiro atoms. The van der Waals surface area contributed by atoms with Crippen LogP contribution in [0.15, 0.2) is 134 Å². The van der Waals surface area contributed by atoms with Crippen molar-refractivity contribution in [1.82, 2.24) is 34.9 Å². The quantitative estimate of drug-likeness (QED) is 0.0500. The fourth-order valence-electron chi connectivity index (χ4n) is 4.20. The minimum Gasteiger partial charge on any atom is -0.536 e. The van der Waals surface area contributed by atoms with Gasteiger partial charge < -0.3 is 38.3 Å². The summed E-state index contributed by atoms with van der Waals surface area (Å²) in [5.74, 6) is 0.528. The first kappa shape index (κ1) is 60.9. The second kappa shape index (κ2) is 31.4. The third-order valence-electron chi connectivity index (χ3n) is 7.09. The molecule has 7 aromatic rings. The standard InChI is InChI=1S/C10H8N4O2.C10H10N4.C5H5BNO2.C5H4BrN3O2.C5H5N3O2.5CH4/c11-10-8(7-2-1-3-12-4-7)5-13-6-9(10)14(15)16;11-9-6-14-5-8(10(9)12)7-2-1-3-13-4-7;8-6-9-5-2-1-3-7-4-5;6-3-1-8-2-4(5(3)7)9(10)11;6-4-1-2-7-3-5(4)8(9)10;;;;;/h1-6H,(H2,11,13);1-6H,11H2,(H2,12,14);1-4,8H;1-2H,(H2,7,8);1-3H,(H2,6,7);5*1H4. The van der Waals surface area contributed by atoms with Crippen molar-refractivity contribution in [3.63, 3.8) is 0 Å². The lowest BCUT2D eigenvalue weighted by Crippen LogP contribution is -1.99. The SMILES string of the molecule is C.C.C.C.C.Nc1c(-c2cccnc2)cncc1[N+](=O)[O-].Nc1c(Br)cncc1[N+](=O)[O-].Nc1ccncc1[N+](=O)[O-].Nc1cncc(-c2cccnc2)c1N.O[B]Oc1cccnc1. The normalized spacial score (nSPS) is 8.83. The summed E-state index contributed by atoms with van der Waals surface area (Å²) in [5.41, 5.74) is 31.6. The molecule has 65 heavy (non-hydrogen) atoms. The number of anilines is 5. The fourth-order valence-corrected chi connectivity index (χ4v) is 4.52. The van der Waals surface area contributed by atoms with E-state index in [-0.39, 0.29) is 71.3 Å². The van der Waals surface area contributed by atoms with Crippen molar-refractivity contribution >= 4 is 69.1 Å². The molecule has 0 fully saturated rings. The van der Waals surface area contributed by atoms with E-state index in [9.17, 15) is 30.3 Å². The van der Waals surface area contributed by atoms with Gasteiger partial charge >= 0.3 is 24.7 Å². The zero-order valence-corrected chi connectivity index (χ0v) is 32.3. The van der Waals surface area contributed by atoms with Crippen molar-refractivity contribution < 1.29 is 24.4 Å². The second-order valence-corrected chi connectivity index (χ2v) is 11.8. The average Bonchev–Trinajstić information content (AvgIpc) is 3.25. The predicted molar refractivity (Wildman–Crippen MR) is 260 cm³/mol. The molecule has 11 N–H and O–H groups in total. The van der Waals surface area contributed by atoms with Gasteiger partial charge in [-0.05, 0) is 46.3 Å². The Morgan fingerprint density at radius 3 is 1.34 bits per heavy atom. The second-order valence-electron chi connectivity index (χ2n) is 11.0. The molecular weight excluding hydrogens is 909 g/mol. The maximum Gasteiger partial charge on any atom is 0.569 e. The Morgan fingerprint density at radius 1 is 0.492 bits per heavy atom. The lowest BCUT2D eigenvalue weighted by Gasteiger charge is -2.06. The van der Waals surface area contributed by atoms with E-state index in [0.29, 0.717) is 40.4 Å². The van der Waals surface area contributed by atoms with E-state index in [4.69, 9.17) is 33.7 Å². The molecule has 0 bridgehead atoms. The van der Waals surface area contributed by atoms with Crippen LogP contribution >= 0.6 is 15.9 Å². The number of hydrogen-bond donors (Lipinski definition) is 6. The summed E-state index contributed by atoms with van der Waals surface area (Å²) in [5, 5.41) is 39.2. The van der Waals surface area contributed by atoms with Crippen LogP contribution in [0.5, 0.6) is 5.75 Å². The van der Waals surface area contributed by atoms with Gasteiger partial charge in [-0.1, -0.05) is 49.3 Å². The Balaban J connectivity index is -0.000000736. The Hall–Kier alpha value is -8.45. The van der Waals surface area contributed by atoms with Crippen molar-refractivity contribution in [1.29, 1.82) is 0 Å². The number of nitro groups is 3. The molecule has 0 amide bonds. The van der Waals surface area contributed by atoms with Gasteiger partial charge in [0.15, 0.2) is 0 Å². The van der Waals surface area contributed by atoms with Crippen LogP contribution in [0.2, 0.25) is 0 Å². The van der Waals surface area contributed by atoms with Crippen LogP contribution in [0, 0.1) is 30.3 Å². The number of halogens is 1. The number of nitrogen functional groups attached to an aromatic ring is 5. The highest BCUT2D eigenvalue weighted by molar-refractivity contribution is 9.10. The van der Waals surface area contributed by atoms with Gasteiger partial charge in [0, 0.05) is 78.0 Å². The summed E-state index contributed by atoms with van der Waals surface area (Å²) in [7, 11) is 0.622. The zero-order chi connectivity index (χ0) is 44.0. The maximum atomic E-state index is 10.7. The first-order chi connectivity index (χ1) is 28.8. The van der Waals surface area contributed by atoms with Gasteiger partial charge in [0.05, 0.1) is 43.0 Å². The molecule has 0 aromatic carbocycles. The molecule has 0 saturated carbocycles. The first-order valence-corrected chi connectivity index (χ1v) is 17.1. The molecule has 7 aromatic heterocycles. The Kier molecular flexibility index (Phi) is 29.4. The average molecular weight is 962 g/mol. The molecule has 0 atom stereocenters. The summed E-state index contributed by atoms with van der Waals surface area (Å²) in [6, 6.07) is 12.1. The summed E-state index contributed by atoms with van der Waals surface area (Å²) in [6.07, 6.45) is 20.7. The summed E-state index contributed by atoms with van der Waals surface area (Å²) in [4.78, 5) is 55.9. The Labute approximate surface area is 385 Å². The van der Waals surface area contributed by atoms with Crippen molar-refractivity contribution in [3.05, 3.63) is 164 Å². The van der Waals surface area contributed by atoms with Gasteiger partial charge in [-0.3, -0.25) is 65.2 Å². The molecule has 0 aliphatic rings. The Morgan fingerprint density at radius 2 is 0.923 bits per heavy atom. The highest BCUT2D eigenvalue weighted by Crippen LogP contribution is 2.31. The van der Waals surface area contributed by atoms with Gasteiger partial charge in [-0.25, -0.2) is 0 Å². The lowest BCUT2D eigenvalue weighted by atomic mass is 10.1. The number of rotatable bonds is 7. The molecule has 0 aliphatic heterocycles. The summed E-state index contributed by atoms with van der Waals surface area (Å²) < 4.78 is 5.01. The van der Waals surface area contributed by atoms with E-state index in [1.807, 2.05) is 12.1 Å². The smallest absolute Gasteiger partial charge is 0.536 e. The molecule has 7 heterocycles. The molecule has 7 rings (SSSR count). The minimum atomic E-state index is -0.576. The highest BCUT2D eigenvalue weighted by Gasteiger charge is 2.16. The molecule has 0 saturated heterocycles. The van der Waals surface area contributed by atoms with Crippen LogP contribution in [-0.2, 0) is 0 Å². The highest BCUT2D eigenvalue weighted by atomic mass is 79.9. The van der Waals surface area contributed by atoms with Gasteiger partial charge in [-0.2, -0.15) is 0 Å². The van der Waals surface area contributed by atoms with Crippen molar-refractivity contribution in [2.75, 3.05) is 28.7 Å². The van der Waals surface area contributed by atoms with Crippen molar-refractivity contribution in [3.8, 4) is 28.0 Å². The number of nitrogens with zero attached hydrogens (tertiary/aromatic N) is 10. The van der Waals surface area contributed by atoms with Crippen LogP contribution in [0.4, 0.5) is 45.5 Å². The van der Waals surface area contributed by atoms with Crippen LogP contribution in [0.3, 0.4) is 0 Å². The maximum absolute atomic E-state index is 10.7. The molecule has 1 radical (unpaired) electrons. The Bertz CT molecular complexity index is 2490. The van der Waals surface area contributed by atoms with E-state index < -0.39 is 14.8 Å². The van der Waals surface area contributed by atoms with Gasteiger partial charge in [0.1, 0.15) is 41.4 Å². The van der Waals surface area contributed by atoms with Gasteiger partial charge in [0.2, 0.25) is 0 Å². The predicted octanol–water partition coefficient (Wildman–Crippen LogP) is 8.02. The molecular formula is C40H52BBrN15O8. The zero-order valence-electron chi connectivity index (χ0n) is 30.7. The third-order valence-corrected chi connectivity index (χ3v) is 7.73. The monoisotopic (exact) mass is 960 g/mol. The molecule has 345 valence electrons. The van der Waals surface area contributed by atoms with Crippen molar-refractivity contribution in [2.24, 2.45) is 0 Å². The molecule has 0 unspecified atom stereocenters. The number of aromatic nitrogens is 7. The van der Waals surface area contributed by atoms with Crippen molar-refractivity contribution in [2.45, 2.75) is 37.1 Å². The van der Waals surface area contributed by atoms with E-state index >= 15 is 0 Å². The van der Waals surface area contributed by atoms with E-state index in [1.54, 1.807) is 61.4 Å². The largest absolute Gasteiger partial charge is 0.569 e. The van der Waals surface area contributed by atoms with Crippen LogP contribution in [0.1, 0.15) is 37.1 Å². The number of nitrogens with two attached hydrogens (primary N) is 5. The first-order valence-electron chi connectivity index (χ1n) is 16.3. The van der Waals surface area contributed by atoms with Crippen LogP contribution in [-0.4, -0.2) is 62.4 Å². The van der Waals surface area contributed by atoms with E-state index in [0.717, 1.165) is 29.7 Å². The molecule has 23 nitrogen and oxygen atoms in total. The van der Waals surface area contributed by atoms with E-state index in [2.05, 4.69) is 55.5 Å².